The normalized spacial score (nSPS) is 11.2. The Balaban J connectivity index is 1.75. The van der Waals surface area contributed by atoms with Crippen LogP contribution in [-0.4, -0.2) is 44.6 Å². The third-order valence-corrected chi connectivity index (χ3v) is 5.71. The van der Waals surface area contributed by atoms with Gasteiger partial charge in [-0.25, -0.2) is 5.10 Å². The maximum absolute atomic E-state index is 13.1. The Kier molecular flexibility index (Phi) is 8.05. The topological polar surface area (TPSA) is 99.7 Å². The second-order valence-electron chi connectivity index (χ2n) is 9.81. The molecule has 1 amide bonds. The summed E-state index contributed by atoms with van der Waals surface area (Å²) >= 11 is 0. The minimum absolute atomic E-state index is 0.0804. The Morgan fingerprint density at radius 2 is 1.72 bits per heavy atom. The number of anilines is 2. The quantitative estimate of drug-likeness (QED) is 0.320. The van der Waals surface area contributed by atoms with Crippen LogP contribution in [0.15, 0.2) is 67.0 Å². The standard InChI is InChI=1S/C28H33N7O/c1-19(2)17-35(18-20(3)4)26-12-11-22(23-9-5-6-10-24(23)28-31-33-34-32-28)15-25(26)30-27(36)14-21-8-7-13-29-16-21/h5-13,15-16,19-20H,14,17-18H2,1-4H3,(H,30,36)(H,31,32,33,34). The van der Waals surface area contributed by atoms with Crippen LogP contribution >= 0.6 is 0 Å². The van der Waals surface area contributed by atoms with Crippen molar-refractivity contribution in [3.63, 3.8) is 0 Å². The first kappa shape index (κ1) is 25.0. The van der Waals surface area contributed by atoms with Crippen molar-refractivity contribution >= 4 is 17.3 Å². The summed E-state index contributed by atoms with van der Waals surface area (Å²) in [7, 11) is 0. The maximum atomic E-state index is 13.1. The van der Waals surface area contributed by atoms with E-state index in [9.17, 15) is 4.79 Å². The van der Waals surface area contributed by atoms with Gasteiger partial charge in [-0.05, 0) is 57.2 Å². The van der Waals surface area contributed by atoms with Gasteiger partial charge in [0, 0.05) is 31.0 Å². The average Bonchev–Trinajstić information content (AvgIpc) is 3.38. The number of rotatable bonds is 10. The van der Waals surface area contributed by atoms with Gasteiger partial charge in [-0.3, -0.25) is 9.78 Å². The minimum atomic E-state index is -0.0804. The Morgan fingerprint density at radius 3 is 2.36 bits per heavy atom. The molecule has 186 valence electrons. The van der Waals surface area contributed by atoms with Crippen molar-refractivity contribution < 1.29 is 4.79 Å². The molecule has 8 nitrogen and oxygen atoms in total. The van der Waals surface area contributed by atoms with Crippen molar-refractivity contribution in [2.24, 2.45) is 11.8 Å². The Bertz CT molecular complexity index is 1260. The highest BCUT2D eigenvalue weighted by Gasteiger charge is 2.19. The highest BCUT2D eigenvalue weighted by molar-refractivity contribution is 5.97. The molecule has 2 aromatic heterocycles. The molecule has 2 aromatic carbocycles. The van der Waals surface area contributed by atoms with Gasteiger partial charge in [-0.1, -0.05) is 64.1 Å². The number of hydrogen-bond donors (Lipinski definition) is 2. The number of pyridine rings is 1. The Morgan fingerprint density at radius 1 is 0.972 bits per heavy atom. The molecule has 0 bridgehead atoms. The van der Waals surface area contributed by atoms with Gasteiger partial charge in [-0.15, -0.1) is 5.10 Å². The van der Waals surface area contributed by atoms with Crippen LogP contribution in [0.5, 0.6) is 0 Å². The van der Waals surface area contributed by atoms with E-state index in [1.165, 1.54) is 0 Å². The minimum Gasteiger partial charge on any atom is -0.369 e. The van der Waals surface area contributed by atoms with E-state index in [-0.39, 0.29) is 12.3 Å². The number of amides is 1. The van der Waals surface area contributed by atoms with Crippen molar-refractivity contribution in [1.29, 1.82) is 0 Å². The van der Waals surface area contributed by atoms with Crippen molar-refractivity contribution in [3.8, 4) is 22.5 Å². The van der Waals surface area contributed by atoms with Crippen LogP contribution in [0.25, 0.3) is 22.5 Å². The van der Waals surface area contributed by atoms with Crippen LogP contribution in [0.1, 0.15) is 33.3 Å². The van der Waals surface area contributed by atoms with Gasteiger partial charge in [0.25, 0.3) is 0 Å². The van der Waals surface area contributed by atoms with E-state index in [4.69, 9.17) is 0 Å². The SMILES string of the molecule is CC(C)CN(CC(C)C)c1ccc(-c2ccccc2-c2nnn[nH]2)cc1NC(=O)Cc1cccnc1. The first-order chi connectivity index (χ1) is 17.4. The number of tetrazole rings is 1. The summed E-state index contributed by atoms with van der Waals surface area (Å²) in [6.45, 7) is 10.6. The molecular weight excluding hydrogens is 450 g/mol. The molecule has 0 fully saturated rings. The van der Waals surface area contributed by atoms with Crippen LogP contribution < -0.4 is 10.2 Å². The number of benzene rings is 2. The van der Waals surface area contributed by atoms with Gasteiger partial charge in [0.2, 0.25) is 5.91 Å². The molecule has 0 spiro atoms. The van der Waals surface area contributed by atoms with E-state index in [1.54, 1.807) is 12.4 Å². The molecule has 4 rings (SSSR count). The summed E-state index contributed by atoms with van der Waals surface area (Å²) in [6, 6.07) is 18.0. The zero-order chi connectivity index (χ0) is 25.5. The largest absolute Gasteiger partial charge is 0.369 e. The summed E-state index contributed by atoms with van der Waals surface area (Å²) < 4.78 is 0. The zero-order valence-electron chi connectivity index (χ0n) is 21.3. The van der Waals surface area contributed by atoms with Crippen molar-refractivity contribution in [2.75, 3.05) is 23.3 Å². The summed E-state index contributed by atoms with van der Waals surface area (Å²) in [5, 5.41) is 17.6. The highest BCUT2D eigenvalue weighted by atomic mass is 16.1. The third kappa shape index (κ3) is 6.33. The van der Waals surface area contributed by atoms with Gasteiger partial charge in [0.1, 0.15) is 0 Å². The molecule has 0 saturated carbocycles. The maximum Gasteiger partial charge on any atom is 0.228 e. The van der Waals surface area contributed by atoms with Crippen LogP contribution in [0, 0.1) is 11.8 Å². The predicted molar refractivity (Wildman–Crippen MR) is 144 cm³/mol. The lowest BCUT2D eigenvalue weighted by Gasteiger charge is -2.31. The van der Waals surface area contributed by atoms with Crippen molar-refractivity contribution in [3.05, 3.63) is 72.6 Å². The number of aromatic amines is 1. The average molecular weight is 484 g/mol. The van der Waals surface area contributed by atoms with E-state index in [1.807, 2.05) is 42.5 Å². The third-order valence-electron chi connectivity index (χ3n) is 5.71. The van der Waals surface area contributed by atoms with Crippen LogP contribution in [0.3, 0.4) is 0 Å². The number of hydrogen-bond acceptors (Lipinski definition) is 6. The molecule has 0 saturated heterocycles. The number of H-pyrrole nitrogens is 1. The van der Waals surface area contributed by atoms with Gasteiger partial charge < -0.3 is 10.2 Å². The Labute approximate surface area is 212 Å². The van der Waals surface area contributed by atoms with Gasteiger partial charge in [-0.2, -0.15) is 0 Å². The predicted octanol–water partition coefficient (Wildman–Crippen LogP) is 5.23. The van der Waals surface area contributed by atoms with Gasteiger partial charge in [0.15, 0.2) is 5.82 Å². The van der Waals surface area contributed by atoms with E-state index >= 15 is 0 Å². The molecule has 36 heavy (non-hydrogen) atoms. The molecule has 4 aromatic rings. The molecular formula is C28H33N7O. The van der Waals surface area contributed by atoms with E-state index in [0.29, 0.717) is 17.7 Å². The molecule has 0 aliphatic carbocycles. The second-order valence-corrected chi connectivity index (χ2v) is 9.81. The lowest BCUT2D eigenvalue weighted by Crippen LogP contribution is -2.32. The Hall–Kier alpha value is -4.07. The van der Waals surface area contributed by atoms with Gasteiger partial charge in [0.05, 0.1) is 17.8 Å². The second kappa shape index (κ2) is 11.6. The summed E-state index contributed by atoms with van der Waals surface area (Å²) in [5.41, 5.74) is 5.51. The number of carbonyl (C=O) groups is 1. The summed E-state index contributed by atoms with van der Waals surface area (Å²) in [4.78, 5) is 19.6. The lowest BCUT2D eigenvalue weighted by atomic mass is 9.97. The fraction of sp³-hybridized carbons (Fsp3) is 0.321. The monoisotopic (exact) mass is 483 g/mol. The molecule has 2 heterocycles. The summed E-state index contributed by atoms with van der Waals surface area (Å²) in [6.07, 6.45) is 3.69. The first-order valence-electron chi connectivity index (χ1n) is 12.3. The summed E-state index contributed by atoms with van der Waals surface area (Å²) in [5.74, 6) is 1.46. The molecule has 0 atom stereocenters. The molecule has 0 radical (unpaired) electrons. The fourth-order valence-electron chi connectivity index (χ4n) is 4.33. The van der Waals surface area contributed by atoms with Crippen LogP contribution in [0.4, 0.5) is 11.4 Å². The smallest absolute Gasteiger partial charge is 0.228 e. The van der Waals surface area contributed by atoms with Gasteiger partial charge >= 0.3 is 0 Å². The molecule has 0 aliphatic rings. The lowest BCUT2D eigenvalue weighted by molar-refractivity contribution is -0.115. The van der Waals surface area contributed by atoms with Crippen molar-refractivity contribution in [2.45, 2.75) is 34.1 Å². The number of carbonyl (C=O) groups excluding carboxylic acids is 1. The molecule has 0 unspecified atom stereocenters. The first-order valence-corrected chi connectivity index (χ1v) is 12.3. The zero-order valence-corrected chi connectivity index (χ0v) is 21.3. The van der Waals surface area contributed by atoms with Crippen molar-refractivity contribution in [1.82, 2.24) is 25.6 Å². The van der Waals surface area contributed by atoms with E-state index < -0.39 is 0 Å². The molecule has 2 N–H and O–H groups in total. The number of aromatic nitrogens is 5. The van der Waals surface area contributed by atoms with Crippen LogP contribution in [0.2, 0.25) is 0 Å². The highest BCUT2D eigenvalue weighted by Crippen LogP contribution is 2.36. The number of nitrogens with zero attached hydrogens (tertiary/aromatic N) is 5. The van der Waals surface area contributed by atoms with E-state index in [2.05, 4.69) is 75.7 Å². The van der Waals surface area contributed by atoms with E-state index in [0.717, 1.165) is 46.7 Å². The molecule has 0 aliphatic heterocycles. The number of nitrogens with one attached hydrogen (secondary N) is 2. The van der Waals surface area contributed by atoms with Crippen LogP contribution in [-0.2, 0) is 11.2 Å². The molecule has 8 heteroatoms. The fourth-order valence-corrected chi connectivity index (χ4v) is 4.33.